The second-order valence-corrected chi connectivity index (χ2v) is 4.52. The van der Waals surface area contributed by atoms with E-state index in [1.165, 1.54) is 6.07 Å². The van der Waals surface area contributed by atoms with Gasteiger partial charge in [-0.25, -0.2) is 0 Å². The predicted octanol–water partition coefficient (Wildman–Crippen LogP) is 3.14. The molecule has 0 fully saturated rings. The van der Waals surface area contributed by atoms with Crippen LogP contribution in [0.3, 0.4) is 0 Å². The highest BCUT2D eigenvalue weighted by Crippen LogP contribution is 2.19. The SMILES string of the molecule is Cc1cccc(C(N)=O)c1.N=Cc1ccc(Cl)cc1O. The van der Waals surface area contributed by atoms with Crippen molar-refractivity contribution in [3.63, 3.8) is 0 Å². The lowest BCUT2D eigenvalue weighted by molar-refractivity contribution is 0.1000. The molecule has 0 spiro atoms. The molecule has 0 bridgehead atoms. The maximum atomic E-state index is 10.6. The molecule has 2 aromatic carbocycles. The molecule has 0 aromatic heterocycles. The Balaban J connectivity index is 0.000000200. The smallest absolute Gasteiger partial charge is 0.248 e. The third-order valence-electron chi connectivity index (χ3n) is 2.45. The Kier molecular flexibility index (Phi) is 5.74. The molecule has 4 N–H and O–H groups in total. The highest BCUT2D eigenvalue weighted by atomic mass is 35.5. The van der Waals surface area contributed by atoms with E-state index < -0.39 is 0 Å². The predicted molar refractivity (Wildman–Crippen MR) is 80.7 cm³/mol. The Hall–Kier alpha value is -2.33. The van der Waals surface area contributed by atoms with E-state index >= 15 is 0 Å². The van der Waals surface area contributed by atoms with Crippen LogP contribution in [0.2, 0.25) is 5.02 Å². The van der Waals surface area contributed by atoms with Gasteiger partial charge in [0.2, 0.25) is 5.91 Å². The molecule has 0 radical (unpaired) electrons. The first-order chi connectivity index (χ1) is 9.43. The minimum atomic E-state index is -0.372. The fourth-order valence-electron chi connectivity index (χ4n) is 1.44. The van der Waals surface area contributed by atoms with E-state index in [-0.39, 0.29) is 11.7 Å². The highest BCUT2D eigenvalue weighted by Gasteiger charge is 1.97. The molecular weight excluding hydrogens is 276 g/mol. The summed E-state index contributed by atoms with van der Waals surface area (Å²) in [6.45, 7) is 1.92. The van der Waals surface area contributed by atoms with Gasteiger partial charge in [0, 0.05) is 22.4 Å². The maximum Gasteiger partial charge on any atom is 0.248 e. The van der Waals surface area contributed by atoms with Gasteiger partial charge in [-0.15, -0.1) is 0 Å². The molecule has 5 heteroatoms. The highest BCUT2D eigenvalue weighted by molar-refractivity contribution is 6.30. The third kappa shape index (κ3) is 4.74. The van der Waals surface area contributed by atoms with Crippen LogP contribution in [-0.2, 0) is 0 Å². The maximum absolute atomic E-state index is 10.6. The summed E-state index contributed by atoms with van der Waals surface area (Å²) >= 11 is 5.54. The molecule has 1 amide bonds. The van der Waals surface area contributed by atoms with Crippen molar-refractivity contribution in [2.75, 3.05) is 0 Å². The van der Waals surface area contributed by atoms with E-state index in [1.54, 1.807) is 24.3 Å². The topological polar surface area (TPSA) is 87.2 Å². The number of nitrogens with one attached hydrogen (secondary N) is 1. The summed E-state index contributed by atoms with van der Waals surface area (Å²) in [6.07, 6.45) is 1.08. The van der Waals surface area contributed by atoms with E-state index in [2.05, 4.69) is 0 Å². The lowest BCUT2D eigenvalue weighted by Gasteiger charge is -1.96. The number of hydrogen-bond acceptors (Lipinski definition) is 3. The number of carbonyl (C=O) groups is 1. The summed E-state index contributed by atoms with van der Waals surface area (Å²) in [5.74, 6) is -0.328. The Morgan fingerprint density at radius 1 is 1.30 bits per heavy atom. The van der Waals surface area contributed by atoms with E-state index in [4.69, 9.17) is 27.9 Å². The molecule has 0 atom stereocenters. The first kappa shape index (κ1) is 15.7. The van der Waals surface area contributed by atoms with Gasteiger partial charge in [0.15, 0.2) is 0 Å². The molecule has 104 valence electrons. The fourth-order valence-corrected chi connectivity index (χ4v) is 1.60. The van der Waals surface area contributed by atoms with Gasteiger partial charge in [-0.05, 0) is 37.3 Å². The van der Waals surface area contributed by atoms with Crippen molar-refractivity contribution in [3.05, 3.63) is 64.2 Å². The summed E-state index contributed by atoms with van der Waals surface area (Å²) in [7, 11) is 0. The van der Waals surface area contributed by atoms with Gasteiger partial charge in [0.25, 0.3) is 0 Å². The number of aromatic hydroxyl groups is 1. The molecule has 0 aliphatic heterocycles. The molecule has 4 nitrogen and oxygen atoms in total. The van der Waals surface area contributed by atoms with E-state index in [9.17, 15) is 4.79 Å². The van der Waals surface area contributed by atoms with Gasteiger partial charge in [-0.3, -0.25) is 4.79 Å². The average molecular weight is 291 g/mol. The summed E-state index contributed by atoms with van der Waals surface area (Å²) in [5, 5.41) is 16.4. The number of carbonyl (C=O) groups excluding carboxylic acids is 1. The van der Waals surface area contributed by atoms with Gasteiger partial charge in [-0.1, -0.05) is 29.3 Å². The number of phenols is 1. The number of rotatable bonds is 2. The van der Waals surface area contributed by atoms with E-state index in [1.807, 2.05) is 19.1 Å². The number of hydrogen-bond donors (Lipinski definition) is 3. The Bertz CT molecular complexity index is 627. The number of aryl methyl sites for hydroxylation is 1. The standard InChI is InChI=1S/C8H9NO.C7H6ClNO/c1-6-3-2-4-7(5-6)8(9)10;8-6-2-1-5(4-9)7(10)3-6/h2-5H,1H3,(H2,9,10);1-4,9-10H. The van der Waals surface area contributed by atoms with Gasteiger partial charge in [0.05, 0.1) is 0 Å². The van der Waals surface area contributed by atoms with Crippen molar-refractivity contribution in [2.45, 2.75) is 6.92 Å². The summed E-state index contributed by atoms with van der Waals surface area (Å²) < 4.78 is 0. The first-order valence-electron chi connectivity index (χ1n) is 5.79. The van der Waals surface area contributed by atoms with Crippen molar-refractivity contribution in [3.8, 4) is 5.75 Å². The normalized spacial score (nSPS) is 9.30. The fraction of sp³-hybridized carbons (Fsp3) is 0.0667. The molecular formula is C15H15ClN2O2. The molecule has 0 heterocycles. The van der Waals surface area contributed by atoms with Crippen molar-refractivity contribution in [1.82, 2.24) is 0 Å². The zero-order valence-corrected chi connectivity index (χ0v) is 11.7. The van der Waals surface area contributed by atoms with Gasteiger partial charge in [-0.2, -0.15) is 0 Å². The number of benzene rings is 2. The summed E-state index contributed by atoms with van der Waals surface area (Å²) in [5.41, 5.74) is 7.14. The summed E-state index contributed by atoms with van der Waals surface area (Å²) in [6, 6.07) is 11.8. The van der Waals surface area contributed by atoms with Crippen molar-refractivity contribution >= 4 is 23.7 Å². The molecule has 0 aliphatic rings. The van der Waals surface area contributed by atoms with Gasteiger partial charge >= 0.3 is 0 Å². The lowest BCUT2D eigenvalue weighted by atomic mass is 10.1. The first-order valence-corrected chi connectivity index (χ1v) is 6.17. The monoisotopic (exact) mass is 290 g/mol. The molecule has 2 rings (SSSR count). The minimum absolute atomic E-state index is 0.0440. The van der Waals surface area contributed by atoms with Crippen LogP contribution in [0.25, 0.3) is 0 Å². The van der Waals surface area contributed by atoms with Crippen LogP contribution >= 0.6 is 11.6 Å². The Morgan fingerprint density at radius 2 is 2.00 bits per heavy atom. The molecule has 2 aromatic rings. The molecule has 0 saturated carbocycles. The number of halogens is 1. The van der Waals surface area contributed by atoms with Crippen molar-refractivity contribution in [2.24, 2.45) is 5.73 Å². The van der Waals surface area contributed by atoms with Crippen molar-refractivity contribution in [1.29, 1.82) is 5.41 Å². The zero-order chi connectivity index (χ0) is 15.1. The molecule has 0 unspecified atom stereocenters. The average Bonchev–Trinajstić information content (AvgIpc) is 2.39. The van der Waals surface area contributed by atoms with Crippen LogP contribution in [0.15, 0.2) is 42.5 Å². The van der Waals surface area contributed by atoms with E-state index in [0.717, 1.165) is 11.8 Å². The second-order valence-electron chi connectivity index (χ2n) is 4.08. The molecule has 0 aliphatic carbocycles. The number of phenolic OH excluding ortho intramolecular Hbond substituents is 1. The van der Waals surface area contributed by atoms with Gasteiger partial charge < -0.3 is 16.2 Å². The van der Waals surface area contributed by atoms with Crippen LogP contribution < -0.4 is 5.73 Å². The molecule has 20 heavy (non-hydrogen) atoms. The quantitative estimate of drug-likeness (QED) is 0.742. The zero-order valence-electron chi connectivity index (χ0n) is 10.9. The van der Waals surface area contributed by atoms with Crippen LogP contribution in [-0.4, -0.2) is 17.2 Å². The molecule has 0 saturated heterocycles. The van der Waals surface area contributed by atoms with Crippen LogP contribution in [0.4, 0.5) is 0 Å². The van der Waals surface area contributed by atoms with Crippen molar-refractivity contribution < 1.29 is 9.90 Å². The number of nitrogens with two attached hydrogens (primary N) is 1. The largest absolute Gasteiger partial charge is 0.507 e. The second kappa shape index (κ2) is 7.31. The van der Waals surface area contributed by atoms with E-state index in [0.29, 0.717) is 16.1 Å². The number of amides is 1. The third-order valence-corrected chi connectivity index (χ3v) is 2.69. The summed E-state index contributed by atoms with van der Waals surface area (Å²) in [4.78, 5) is 10.6. The number of primary amides is 1. The Labute approximate surface area is 122 Å². The minimum Gasteiger partial charge on any atom is -0.507 e. The van der Waals surface area contributed by atoms with Crippen LogP contribution in [0, 0.1) is 12.3 Å². The lowest BCUT2D eigenvalue weighted by Crippen LogP contribution is -2.10. The van der Waals surface area contributed by atoms with Crippen LogP contribution in [0.1, 0.15) is 21.5 Å². The Morgan fingerprint density at radius 3 is 2.45 bits per heavy atom. The van der Waals surface area contributed by atoms with Crippen LogP contribution in [0.5, 0.6) is 5.75 Å². The van der Waals surface area contributed by atoms with Gasteiger partial charge in [0.1, 0.15) is 5.75 Å².